The van der Waals surface area contributed by atoms with Gasteiger partial charge in [-0.25, -0.2) is 0 Å². The second kappa shape index (κ2) is 6.10. The Morgan fingerprint density at radius 3 is 2.80 bits per heavy atom. The highest BCUT2D eigenvalue weighted by atomic mass is 16.1. The molecule has 1 nitrogen and oxygen atoms in total. The van der Waals surface area contributed by atoms with Gasteiger partial charge in [-0.2, -0.15) is 0 Å². The van der Waals surface area contributed by atoms with Crippen molar-refractivity contribution in [3.8, 4) is 12.3 Å². The predicted octanol–water partition coefficient (Wildman–Crippen LogP) is 1.94. The highest BCUT2D eigenvalue weighted by Gasteiger charge is 1.83. The summed E-state index contributed by atoms with van der Waals surface area (Å²) in [6, 6.07) is 0. The van der Waals surface area contributed by atoms with Crippen LogP contribution in [-0.4, -0.2) is 6.29 Å². The molecule has 0 spiro atoms. The maximum Gasteiger partial charge on any atom is 0.120 e. The Bertz CT molecular complexity index is 160. The van der Waals surface area contributed by atoms with Gasteiger partial charge >= 0.3 is 0 Å². The van der Waals surface area contributed by atoms with Crippen LogP contribution in [0.5, 0.6) is 0 Å². The van der Waals surface area contributed by atoms with Gasteiger partial charge in [0.2, 0.25) is 0 Å². The zero-order valence-corrected chi connectivity index (χ0v) is 6.26. The van der Waals surface area contributed by atoms with Gasteiger partial charge in [0.05, 0.1) is 0 Å². The fourth-order valence-electron chi connectivity index (χ4n) is 0.579. The lowest BCUT2D eigenvalue weighted by Gasteiger charge is -1.88. The van der Waals surface area contributed by atoms with Crippen molar-refractivity contribution in [2.75, 3.05) is 0 Å². The summed E-state index contributed by atoms with van der Waals surface area (Å²) >= 11 is 0. The minimum atomic E-state index is 0.633. The van der Waals surface area contributed by atoms with Crippen molar-refractivity contribution in [1.82, 2.24) is 0 Å². The van der Waals surface area contributed by atoms with E-state index in [9.17, 15) is 4.79 Å². The summed E-state index contributed by atoms with van der Waals surface area (Å²) < 4.78 is 0. The second-order valence-corrected chi connectivity index (χ2v) is 2.13. The molecule has 0 N–H and O–H groups in total. The molecule has 0 radical (unpaired) electrons. The lowest BCUT2D eigenvalue weighted by molar-refractivity contribution is -0.107. The van der Waals surface area contributed by atoms with Crippen LogP contribution in [0.1, 0.15) is 26.2 Å². The molecule has 0 atom stereocenters. The first kappa shape index (κ1) is 8.97. The van der Waals surface area contributed by atoms with Gasteiger partial charge in [0.15, 0.2) is 0 Å². The molecule has 0 amide bonds. The summed E-state index contributed by atoms with van der Waals surface area (Å²) in [5, 5.41) is 0. The molecular formula is C9H12O. The maximum atomic E-state index is 9.86. The largest absolute Gasteiger partial charge is 0.303 e. The van der Waals surface area contributed by atoms with Crippen molar-refractivity contribution in [3.63, 3.8) is 0 Å². The normalized spacial score (nSPS) is 10.6. The first-order valence-corrected chi connectivity index (χ1v) is 3.38. The van der Waals surface area contributed by atoms with Crippen molar-refractivity contribution in [2.24, 2.45) is 0 Å². The molecule has 0 aliphatic carbocycles. The topological polar surface area (TPSA) is 17.1 Å². The summed E-state index contributed by atoms with van der Waals surface area (Å²) in [4.78, 5) is 9.86. The second-order valence-electron chi connectivity index (χ2n) is 2.13. The van der Waals surface area contributed by atoms with Crippen LogP contribution < -0.4 is 0 Å². The molecule has 0 aromatic heterocycles. The van der Waals surface area contributed by atoms with E-state index in [1.54, 1.807) is 0 Å². The third-order valence-corrected chi connectivity index (χ3v) is 1.20. The predicted molar refractivity (Wildman–Crippen MR) is 42.5 cm³/mol. The van der Waals surface area contributed by atoms with Gasteiger partial charge in [-0.1, -0.05) is 12.0 Å². The van der Waals surface area contributed by atoms with Crippen LogP contribution in [0.3, 0.4) is 0 Å². The first-order valence-electron chi connectivity index (χ1n) is 3.38. The summed E-state index contributed by atoms with van der Waals surface area (Å²) in [6.45, 7) is 1.89. The molecule has 0 bridgehead atoms. The van der Waals surface area contributed by atoms with E-state index in [0.717, 1.165) is 24.7 Å². The van der Waals surface area contributed by atoms with Crippen LogP contribution in [0.25, 0.3) is 0 Å². The molecule has 0 rings (SSSR count). The quantitative estimate of drug-likeness (QED) is 0.328. The lowest BCUT2D eigenvalue weighted by Crippen LogP contribution is -1.75. The Morgan fingerprint density at radius 1 is 1.60 bits per heavy atom. The number of allylic oxidation sites excluding steroid dienone is 2. The summed E-state index contributed by atoms with van der Waals surface area (Å²) in [7, 11) is 0. The van der Waals surface area contributed by atoms with Gasteiger partial charge in [0.1, 0.15) is 6.29 Å². The van der Waals surface area contributed by atoms with E-state index in [0.29, 0.717) is 6.42 Å². The number of hydrogen-bond acceptors (Lipinski definition) is 1. The molecule has 10 heavy (non-hydrogen) atoms. The molecule has 54 valence electrons. The van der Waals surface area contributed by atoms with Crippen LogP contribution >= 0.6 is 0 Å². The third-order valence-electron chi connectivity index (χ3n) is 1.20. The number of carbonyl (C=O) groups is 1. The average molecular weight is 136 g/mol. The molecule has 0 unspecified atom stereocenters. The number of hydrogen-bond donors (Lipinski definition) is 0. The third kappa shape index (κ3) is 5.11. The van der Waals surface area contributed by atoms with E-state index in [4.69, 9.17) is 6.42 Å². The monoisotopic (exact) mass is 136 g/mol. The Kier molecular flexibility index (Phi) is 5.47. The van der Waals surface area contributed by atoms with Gasteiger partial charge in [-0.05, 0) is 25.3 Å². The molecule has 0 aliphatic rings. The van der Waals surface area contributed by atoms with Crippen LogP contribution in [-0.2, 0) is 4.79 Å². The summed E-state index contributed by atoms with van der Waals surface area (Å²) in [6.07, 6.45) is 10.5. The van der Waals surface area contributed by atoms with Crippen LogP contribution in [0.15, 0.2) is 11.6 Å². The zero-order chi connectivity index (χ0) is 7.82. The Labute approximate surface area is 62.1 Å². The van der Waals surface area contributed by atoms with Crippen molar-refractivity contribution in [2.45, 2.75) is 26.2 Å². The van der Waals surface area contributed by atoms with E-state index in [-0.39, 0.29) is 0 Å². The minimum absolute atomic E-state index is 0.633. The number of terminal acetylenes is 1. The summed E-state index contributed by atoms with van der Waals surface area (Å²) in [5.41, 5.74) is 0.950. The Balaban J connectivity index is 3.36. The first-order chi connectivity index (χ1) is 4.81. The van der Waals surface area contributed by atoms with E-state index >= 15 is 0 Å². The van der Waals surface area contributed by atoms with Gasteiger partial charge in [0, 0.05) is 6.42 Å². The van der Waals surface area contributed by atoms with Gasteiger partial charge in [-0.3, -0.25) is 0 Å². The van der Waals surface area contributed by atoms with Crippen molar-refractivity contribution in [3.05, 3.63) is 11.6 Å². The number of rotatable bonds is 4. The van der Waals surface area contributed by atoms with Crippen molar-refractivity contribution in [1.29, 1.82) is 0 Å². The molecular weight excluding hydrogens is 124 g/mol. The van der Waals surface area contributed by atoms with Crippen LogP contribution in [0.4, 0.5) is 0 Å². The fourth-order valence-corrected chi connectivity index (χ4v) is 0.579. The average Bonchev–Trinajstić information content (AvgIpc) is 1.98. The molecule has 0 saturated carbocycles. The Morgan fingerprint density at radius 2 is 2.30 bits per heavy atom. The Hall–Kier alpha value is -1.03. The van der Waals surface area contributed by atoms with E-state index in [1.165, 1.54) is 0 Å². The van der Waals surface area contributed by atoms with Gasteiger partial charge < -0.3 is 4.79 Å². The molecule has 0 heterocycles. The standard InChI is InChI=1S/C9H12O/c1-3-9(2)7-5-4-6-8-10/h1,7-8H,4-6H2,2H3/b9-7+. The molecule has 0 aliphatic heterocycles. The van der Waals surface area contributed by atoms with Crippen LogP contribution in [0, 0.1) is 12.3 Å². The van der Waals surface area contributed by atoms with Gasteiger partial charge in [-0.15, -0.1) is 6.42 Å². The summed E-state index contributed by atoms with van der Waals surface area (Å²) in [5.74, 6) is 2.51. The fraction of sp³-hybridized carbons (Fsp3) is 0.444. The highest BCUT2D eigenvalue weighted by Crippen LogP contribution is 1.98. The lowest BCUT2D eigenvalue weighted by atomic mass is 10.2. The molecule has 0 saturated heterocycles. The zero-order valence-electron chi connectivity index (χ0n) is 6.26. The molecule has 0 aromatic carbocycles. The number of carbonyl (C=O) groups excluding carboxylic acids is 1. The minimum Gasteiger partial charge on any atom is -0.303 e. The number of aldehydes is 1. The molecule has 0 fully saturated rings. The molecule has 1 heteroatoms. The van der Waals surface area contributed by atoms with Crippen molar-refractivity contribution < 1.29 is 4.79 Å². The smallest absolute Gasteiger partial charge is 0.120 e. The highest BCUT2D eigenvalue weighted by molar-refractivity contribution is 5.49. The molecule has 0 aromatic rings. The van der Waals surface area contributed by atoms with E-state index in [1.807, 2.05) is 13.0 Å². The van der Waals surface area contributed by atoms with Crippen LogP contribution in [0.2, 0.25) is 0 Å². The van der Waals surface area contributed by atoms with E-state index in [2.05, 4.69) is 5.92 Å². The maximum absolute atomic E-state index is 9.86. The number of unbranched alkanes of at least 4 members (excludes halogenated alkanes) is 2. The van der Waals surface area contributed by atoms with Crippen molar-refractivity contribution >= 4 is 6.29 Å². The van der Waals surface area contributed by atoms with Gasteiger partial charge in [0.25, 0.3) is 0 Å². The SMILES string of the molecule is C#C/C(C)=C/CCCC=O. The van der Waals surface area contributed by atoms with E-state index < -0.39 is 0 Å².